The standard InChI is InChI=1S/C12H20/c1-9(2)12(3)10-7-5-4-6-8-11(10)12/h9H,4-8H2,1-3H3. The molecule has 0 bridgehead atoms. The SMILES string of the molecule is CC(C)C1(C)C2=C1CCCCC2. The zero-order valence-corrected chi connectivity index (χ0v) is 8.61. The zero-order chi connectivity index (χ0) is 8.77. The molecular formula is C12H20. The molecule has 0 amide bonds. The predicted octanol–water partition coefficient (Wildman–Crippen LogP) is 3.92. The van der Waals surface area contributed by atoms with E-state index in [0.717, 1.165) is 5.92 Å². The number of hydrogen-bond acceptors (Lipinski definition) is 0. The minimum absolute atomic E-state index is 0.570. The average Bonchev–Trinajstić information content (AvgIpc) is 2.66. The summed E-state index contributed by atoms with van der Waals surface area (Å²) in [5.41, 5.74) is 4.23. The molecule has 0 heterocycles. The van der Waals surface area contributed by atoms with Crippen molar-refractivity contribution in [1.82, 2.24) is 0 Å². The van der Waals surface area contributed by atoms with E-state index in [1.165, 1.54) is 32.1 Å². The van der Waals surface area contributed by atoms with Crippen molar-refractivity contribution in [3.8, 4) is 0 Å². The molecule has 0 spiro atoms. The van der Waals surface area contributed by atoms with Crippen LogP contribution < -0.4 is 0 Å². The quantitative estimate of drug-likeness (QED) is 0.515. The Balaban J connectivity index is 2.10. The molecule has 0 N–H and O–H groups in total. The lowest BCUT2D eigenvalue weighted by molar-refractivity contribution is 0.391. The molecule has 12 heavy (non-hydrogen) atoms. The molecule has 0 unspecified atom stereocenters. The van der Waals surface area contributed by atoms with Crippen LogP contribution in [0.15, 0.2) is 11.1 Å². The molecule has 68 valence electrons. The molecular weight excluding hydrogens is 144 g/mol. The van der Waals surface area contributed by atoms with Crippen molar-refractivity contribution in [2.45, 2.75) is 52.9 Å². The Hall–Kier alpha value is -0.260. The third-order valence-electron chi connectivity index (χ3n) is 4.06. The molecule has 2 aliphatic rings. The Morgan fingerprint density at radius 2 is 1.50 bits per heavy atom. The molecule has 0 fully saturated rings. The first-order valence-corrected chi connectivity index (χ1v) is 5.40. The normalized spacial score (nSPS) is 27.0. The van der Waals surface area contributed by atoms with Crippen molar-refractivity contribution in [3.63, 3.8) is 0 Å². The van der Waals surface area contributed by atoms with E-state index in [1.54, 1.807) is 0 Å². The molecule has 0 saturated heterocycles. The van der Waals surface area contributed by atoms with Crippen LogP contribution in [0.25, 0.3) is 0 Å². The Kier molecular flexibility index (Phi) is 1.82. The second-order valence-electron chi connectivity index (χ2n) is 4.87. The summed E-state index contributed by atoms with van der Waals surface area (Å²) in [6.07, 6.45) is 7.16. The molecule has 2 rings (SSSR count). The molecule has 0 aromatic carbocycles. The molecule has 0 atom stereocenters. The molecule has 0 heteroatoms. The van der Waals surface area contributed by atoms with Gasteiger partial charge in [-0.25, -0.2) is 0 Å². The van der Waals surface area contributed by atoms with E-state index in [2.05, 4.69) is 20.8 Å². The third kappa shape index (κ3) is 0.967. The van der Waals surface area contributed by atoms with Gasteiger partial charge < -0.3 is 0 Å². The van der Waals surface area contributed by atoms with Crippen molar-refractivity contribution < 1.29 is 0 Å². The molecule has 0 aromatic heterocycles. The smallest absolute Gasteiger partial charge is 0.0121 e. The molecule has 0 aliphatic heterocycles. The molecule has 0 nitrogen and oxygen atoms in total. The van der Waals surface area contributed by atoms with Gasteiger partial charge in [-0.3, -0.25) is 0 Å². The first kappa shape index (κ1) is 8.34. The van der Waals surface area contributed by atoms with Gasteiger partial charge in [-0.2, -0.15) is 0 Å². The summed E-state index contributed by atoms with van der Waals surface area (Å²) in [6.45, 7) is 7.19. The second-order valence-corrected chi connectivity index (χ2v) is 4.87. The Morgan fingerprint density at radius 3 is 1.92 bits per heavy atom. The minimum atomic E-state index is 0.570. The topological polar surface area (TPSA) is 0 Å². The van der Waals surface area contributed by atoms with E-state index in [1.807, 2.05) is 11.1 Å². The molecule has 0 aromatic rings. The first-order valence-electron chi connectivity index (χ1n) is 5.40. The number of allylic oxidation sites excluding steroid dienone is 2. The lowest BCUT2D eigenvalue weighted by atomic mass is 9.83. The van der Waals surface area contributed by atoms with Gasteiger partial charge in [0.1, 0.15) is 0 Å². The van der Waals surface area contributed by atoms with Gasteiger partial charge in [0.2, 0.25) is 0 Å². The minimum Gasteiger partial charge on any atom is -0.0616 e. The summed E-state index contributed by atoms with van der Waals surface area (Å²) in [6, 6.07) is 0. The molecule has 0 saturated carbocycles. The van der Waals surface area contributed by atoms with Crippen LogP contribution in [0.2, 0.25) is 0 Å². The van der Waals surface area contributed by atoms with Crippen LogP contribution in [0.3, 0.4) is 0 Å². The van der Waals surface area contributed by atoms with Crippen molar-refractivity contribution >= 4 is 0 Å². The van der Waals surface area contributed by atoms with Gasteiger partial charge in [-0.15, -0.1) is 0 Å². The fourth-order valence-electron chi connectivity index (χ4n) is 2.83. The van der Waals surface area contributed by atoms with Gasteiger partial charge in [0, 0.05) is 5.41 Å². The van der Waals surface area contributed by atoms with E-state index in [9.17, 15) is 0 Å². The monoisotopic (exact) mass is 164 g/mol. The maximum Gasteiger partial charge on any atom is 0.0121 e. The summed E-state index contributed by atoms with van der Waals surface area (Å²) in [7, 11) is 0. The van der Waals surface area contributed by atoms with Crippen LogP contribution in [0, 0.1) is 11.3 Å². The summed E-state index contributed by atoms with van der Waals surface area (Å²) in [5, 5.41) is 0. The van der Waals surface area contributed by atoms with Crippen LogP contribution in [0.4, 0.5) is 0 Å². The zero-order valence-electron chi connectivity index (χ0n) is 8.61. The van der Waals surface area contributed by atoms with Crippen molar-refractivity contribution in [3.05, 3.63) is 11.1 Å². The van der Waals surface area contributed by atoms with Gasteiger partial charge in [0.15, 0.2) is 0 Å². The van der Waals surface area contributed by atoms with Crippen molar-refractivity contribution in [1.29, 1.82) is 0 Å². The maximum atomic E-state index is 2.45. The lowest BCUT2D eigenvalue weighted by Crippen LogP contribution is -2.11. The van der Waals surface area contributed by atoms with E-state index in [4.69, 9.17) is 0 Å². The highest BCUT2D eigenvalue weighted by molar-refractivity contribution is 5.49. The van der Waals surface area contributed by atoms with Gasteiger partial charge in [0.25, 0.3) is 0 Å². The highest BCUT2D eigenvalue weighted by Gasteiger charge is 2.49. The summed E-state index contributed by atoms with van der Waals surface area (Å²) in [5.74, 6) is 0.834. The van der Waals surface area contributed by atoms with E-state index in [-0.39, 0.29) is 0 Å². The summed E-state index contributed by atoms with van der Waals surface area (Å²) in [4.78, 5) is 0. The van der Waals surface area contributed by atoms with Crippen molar-refractivity contribution in [2.24, 2.45) is 11.3 Å². The molecule has 0 radical (unpaired) electrons. The largest absolute Gasteiger partial charge is 0.0616 e. The fraction of sp³-hybridized carbons (Fsp3) is 0.833. The van der Waals surface area contributed by atoms with Gasteiger partial charge in [0.05, 0.1) is 0 Å². The number of rotatable bonds is 1. The van der Waals surface area contributed by atoms with E-state index in [0.29, 0.717) is 5.41 Å². The first-order chi connectivity index (χ1) is 5.67. The van der Waals surface area contributed by atoms with Crippen LogP contribution in [-0.2, 0) is 0 Å². The van der Waals surface area contributed by atoms with Gasteiger partial charge in [-0.05, 0) is 31.6 Å². The number of hydrogen-bond donors (Lipinski definition) is 0. The predicted molar refractivity (Wildman–Crippen MR) is 53.1 cm³/mol. The Bertz CT molecular complexity index is 204. The Labute approximate surface area is 76.1 Å². The van der Waals surface area contributed by atoms with Crippen molar-refractivity contribution in [2.75, 3.05) is 0 Å². The fourth-order valence-corrected chi connectivity index (χ4v) is 2.83. The maximum absolute atomic E-state index is 2.45. The van der Waals surface area contributed by atoms with E-state index >= 15 is 0 Å². The highest BCUT2D eigenvalue weighted by atomic mass is 14.5. The van der Waals surface area contributed by atoms with Crippen LogP contribution >= 0.6 is 0 Å². The molecule has 2 aliphatic carbocycles. The van der Waals surface area contributed by atoms with Crippen LogP contribution in [-0.4, -0.2) is 0 Å². The Morgan fingerprint density at radius 1 is 1.00 bits per heavy atom. The lowest BCUT2D eigenvalue weighted by Gasteiger charge is -2.20. The average molecular weight is 164 g/mol. The highest BCUT2D eigenvalue weighted by Crippen LogP contribution is 2.62. The second kappa shape index (κ2) is 2.61. The van der Waals surface area contributed by atoms with Crippen LogP contribution in [0.1, 0.15) is 52.9 Å². The van der Waals surface area contributed by atoms with Crippen LogP contribution in [0.5, 0.6) is 0 Å². The van der Waals surface area contributed by atoms with Gasteiger partial charge >= 0.3 is 0 Å². The summed E-state index contributed by atoms with van der Waals surface area (Å²) >= 11 is 0. The van der Waals surface area contributed by atoms with E-state index < -0.39 is 0 Å². The summed E-state index contributed by atoms with van der Waals surface area (Å²) < 4.78 is 0. The third-order valence-corrected chi connectivity index (χ3v) is 4.06. The van der Waals surface area contributed by atoms with Gasteiger partial charge in [-0.1, -0.05) is 38.3 Å².